The molecule has 1 atom stereocenters. The highest BCUT2D eigenvalue weighted by molar-refractivity contribution is 6.30. The molecule has 1 rings (SSSR count). The van der Waals surface area contributed by atoms with Gasteiger partial charge in [0.1, 0.15) is 5.75 Å². The Balaban J connectivity index is 2.98. The molecule has 0 aliphatic carbocycles. The van der Waals surface area contributed by atoms with Gasteiger partial charge in [0.05, 0.1) is 13.7 Å². The molecular weight excluding hydrogens is 250 g/mol. The lowest BCUT2D eigenvalue weighted by Gasteiger charge is -2.23. The summed E-state index contributed by atoms with van der Waals surface area (Å²) >= 11 is 6.06. The van der Waals surface area contributed by atoms with Crippen molar-refractivity contribution in [3.8, 4) is 5.75 Å². The summed E-state index contributed by atoms with van der Waals surface area (Å²) in [5.41, 5.74) is 1.05. The van der Waals surface area contributed by atoms with Crippen molar-refractivity contribution in [3.05, 3.63) is 28.8 Å². The zero-order valence-corrected chi connectivity index (χ0v) is 12.0. The van der Waals surface area contributed by atoms with Crippen LogP contribution in [0.3, 0.4) is 0 Å². The van der Waals surface area contributed by atoms with Crippen LogP contribution in [0.5, 0.6) is 5.75 Å². The molecule has 0 fully saturated rings. The number of aliphatic hydroxyl groups is 1. The fourth-order valence-electron chi connectivity index (χ4n) is 2.01. The number of hydrogen-bond acceptors (Lipinski definition) is 3. The first-order valence-electron chi connectivity index (χ1n) is 6.26. The van der Waals surface area contributed by atoms with Gasteiger partial charge in [0.15, 0.2) is 0 Å². The van der Waals surface area contributed by atoms with E-state index < -0.39 is 0 Å². The molecule has 1 aromatic carbocycles. The third-order valence-corrected chi connectivity index (χ3v) is 3.01. The Kier molecular flexibility index (Phi) is 6.47. The van der Waals surface area contributed by atoms with E-state index in [-0.39, 0.29) is 12.6 Å². The molecule has 1 aromatic rings. The largest absolute Gasteiger partial charge is 0.496 e. The van der Waals surface area contributed by atoms with Crippen molar-refractivity contribution < 1.29 is 9.84 Å². The number of hydrogen-bond donors (Lipinski definition) is 2. The second-order valence-electron chi connectivity index (χ2n) is 4.75. The molecule has 0 saturated carbocycles. The van der Waals surface area contributed by atoms with Crippen LogP contribution in [-0.4, -0.2) is 25.4 Å². The first kappa shape index (κ1) is 15.3. The molecule has 3 nitrogen and oxygen atoms in total. The zero-order chi connectivity index (χ0) is 13.5. The van der Waals surface area contributed by atoms with E-state index in [1.54, 1.807) is 7.11 Å². The van der Waals surface area contributed by atoms with Crippen LogP contribution < -0.4 is 10.1 Å². The van der Waals surface area contributed by atoms with E-state index in [1.165, 1.54) is 0 Å². The van der Waals surface area contributed by atoms with Gasteiger partial charge in [-0.05, 0) is 30.5 Å². The number of nitrogens with one attached hydrogen (secondary N) is 1. The summed E-state index contributed by atoms with van der Waals surface area (Å²) in [6, 6.07) is 5.78. The first-order chi connectivity index (χ1) is 8.58. The van der Waals surface area contributed by atoms with Crippen molar-refractivity contribution in [3.63, 3.8) is 0 Å². The lowest BCUT2D eigenvalue weighted by atomic mass is 9.96. The molecule has 0 heterocycles. The van der Waals surface area contributed by atoms with Crippen molar-refractivity contribution in [2.75, 3.05) is 20.3 Å². The van der Waals surface area contributed by atoms with Gasteiger partial charge in [-0.25, -0.2) is 0 Å². The summed E-state index contributed by atoms with van der Waals surface area (Å²) in [5, 5.41) is 13.0. The predicted octanol–water partition coefficient (Wildman–Crippen LogP) is 3.02. The van der Waals surface area contributed by atoms with Crippen molar-refractivity contribution in [1.29, 1.82) is 0 Å². The first-order valence-corrected chi connectivity index (χ1v) is 6.64. The van der Waals surface area contributed by atoms with Crippen LogP contribution in [-0.2, 0) is 0 Å². The molecule has 1 unspecified atom stereocenters. The summed E-state index contributed by atoms with van der Waals surface area (Å²) in [6.45, 7) is 5.03. The molecule has 0 amide bonds. The summed E-state index contributed by atoms with van der Waals surface area (Å²) in [5.74, 6) is 1.38. The fourth-order valence-corrected chi connectivity index (χ4v) is 2.19. The lowest BCUT2D eigenvalue weighted by molar-refractivity contribution is 0.277. The minimum atomic E-state index is 0.122. The van der Waals surface area contributed by atoms with Gasteiger partial charge < -0.3 is 15.2 Å². The van der Waals surface area contributed by atoms with E-state index in [4.69, 9.17) is 21.4 Å². The van der Waals surface area contributed by atoms with Crippen molar-refractivity contribution >= 4 is 11.6 Å². The Hall–Kier alpha value is -0.770. The predicted molar refractivity (Wildman–Crippen MR) is 75.3 cm³/mol. The van der Waals surface area contributed by atoms with Crippen molar-refractivity contribution in [2.24, 2.45) is 5.92 Å². The van der Waals surface area contributed by atoms with Crippen molar-refractivity contribution in [2.45, 2.75) is 26.3 Å². The molecule has 18 heavy (non-hydrogen) atoms. The SMILES string of the molecule is COc1ccc(Cl)cc1C(CC(C)C)NCCO. The van der Waals surface area contributed by atoms with E-state index in [9.17, 15) is 0 Å². The molecule has 0 bridgehead atoms. The highest BCUT2D eigenvalue weighted by Crippen LogP contribution is 2.31. The average Bonchev–Trinajstić information content (AvgIpc) is 2.34. The summed E-state index contributed by atoms with van der Waals surface area (Å²) in [7, 11) is 1.66. The Morgan fingerprint density at radius 2 is 2.11 bits per heavy atom. The molecule has 0 aromatic heterocycles. The Labute approximate surface area is 114 Å². The standard InChI is InChI=1S/C14H22ClNO2/c1-10(2)8-13(16-6-7-17)12-9-11(15)4-5-14(12)18-3/h4-5,9-10,13,16-17H,6-8H2,1-3H3. The molecule has 102 valence electrons. The number of halogens is 1. The van der Waals surface area contributed by atoms with E-state index >= 15 is 0 Å². The second kappa shape index (κ2) is 7.62. The van der Waals surface area contributed by atoms with Gasteiger partial charge in [-0.15, -0.1) is 0 Å². The van der Waals surface area contributed by atoms with E-state index in [0.717, 1.165) is 17.7 Å². The monoisotopic (exact) mass is 271 g/mol. The second-order valence-corrected chi connectivity index (χ2v) is 5.18. The number of methoxy groups -OCH3 is 1. The van der Waals surface area contributed by atoms with Gasteiger partial charge in [-0.1, -0.05) is 25.4 Å². The van der Waals surface area contributed by atoms with Crippen LogP contribution in [0.25, 0.3) is 0 Å². The van der Waals surface area contributed by atoms with Gasteiger partial charge in [0.2, 0.25) is 0 Å². The van der Waals surface area contributed by atoms with Gasteiger partial charge in [-0.2, -0.15) is 0 Å². The summed E-state index contributed by atoms with van der Waals surface area (Å²) in [6.07, 6.45) is 0.969. The molecule has 0 aliphatic heterocycles. The Morgan fingerprint density at radius 1 is 1.39 bits per heavy atom. The number of benzene rings is 1. The third-order valence-electron chi connectivity index (χ3n) is 2.78. The molecule has 2 N–H and O–H groups in total. The Morgan fingerprint density at radius 3 is 2.67 bits per heavy atom. The molecule has 0 spiro atoms. The molecule has 4 heteroatoms. The molecule has 0 saturated heterocycles. The van der Waals surface area contributed by atoms with Crippen LogP contribution in [0.4, 0.5) is 0 Å². The third kappa shape index (κ3) is 4.48. The maximum absolute atomic E-state index is 8.96. The summed E-state index contributed by atoms with van der Waals surface area (Å²) < 4.78 is 5.38. The zero-order valence-electron chi connectivity index (χ0n) is 11.2. The van der Waals surface area contributed by atoms with Crippen LogP contribution in [0.2, 0.25) is 5.02 Å². The van der Waals surface area contributed by atoms with Crippen LogP contribution in [0, 0.1) is 5.92 Å². The summed E-state index contributed by atoms with van der Waals surface area (Å²) in [4.78, 5) is 0. The average molecular weight is 272 g/mol. The Bertz CT molecular complexity index is 369. The van der Waals surface area contributed by atoms with Crippen LogP contribution in [0.1, 0.15) is 31.9 Å². The molecule has 0 aliphatic rings. The topological polar surface area (TPSA) is 41.5 Å². The lowest BCUT2D eigenvalue weighted by Crippen LogP contribution is -2.26. The van der Waals surface area contributed by atoms with Gasteiger partial charge >= 0.3 is 0 Å². The number of aliphatic hydroxyl groups excluding tert-OH is 1. The van der Waals surface area contributed by atoms with Gasteiger partial charge in [-0.3, -0.25) is 0 Å². The molecule has 0 radical (unpaired) electrons. The highest BCUT2D eigenvalue weighted by Gasteiger charge is 2.17. The van der Waals surface area contributed by atoms with Gasteiger partial charge in [0.25, 0.3) is 0 Å². The van der Waals surface area contributed by atoms with Crippen molar-refractivity contribution in [1.82, 2.24) is 5.32 Å². The maximum Gasteiger partial charge on any atom is 0.123 e. The van der Waals surface area contributed by atoms with Crippen LogP contribution >= 0.6 is 11.6 Å². The van der Waals surface area contributed by atoms with E-state index in [2.05, 4.69) is 19.2 Å². The minimum absolute atomic E-state index is 0.122. The quantitative estimate of drug-likeness (QED) is 0.801. The van der Waals surface area contributed by atoms with E-state index in [0.29, 0.717) is 17.5 Å². The van der Waals surface area contributed by atoms with E-state index in [1.807, 2.05) is 18.2 Å². The smallest absolute Gasteiger partial charge is 0.123 e. The molecular formula is C14H22ClNO2. The minimum Gasteiger partial charge on any atom is -0.496 e. The normalized spacial score (nSPS) is 12.8. The number of rotatable bonds is 7. The van der Waals surface area contributed by atoms with Crippen LogP contribution in [0.15, 0.2) is 18.2 Å². The fraction of sp³-hybridized carbons (Fsp3) is 0.571. The van der Waals surface area contributed by atoms with Gasteiger partial charge in [0, 0.05) is 23.2 Å². The number of ether oxygens (including phenoxy) is 1. The highest BCUT2D eigenvalue weighted by atomic mass is 35.5. The maximum atomic E-state index is 8.96.